The van der Waals surface area contributed by atoms with Crippen LogP contribution in [0.2, 0.25) is 0 Å². The highest BCUT2D eigenvalue weighted by Crippen LogP contribution is 2.53. The third-order valence-electron chi connectivity index (χ3n) is 8.02. The van der Waals surface area contributed by atoms with Crippen molar-refractivity contribution in [3.05, 3.63) is 108 Å². The molecule has 18 heteroatoms. The summed E-state index contributed by atoms with van der Waals surface area (Å²) in [7, 11) is -17.5. The normalized spacial score (nSPS) is 22.1. The van der Waals surface area contributed by atoms with Crippen LogP contribution in [0.1, 0.15) is 44.4 Å². The molecule has 1 aliphatic rings. The molecule has 5 atom stereocenters. The summed E-state index contributed by atoms with van der Waals surface area (Å²) >= 11 is 1.04. The maximum atomic E-state index is 13.2. The highest BCUT2D eigenvalue weighted by atomic mass is 32.2. The van der Waals surface area contributed by atoms with E-state index >= 15 is 0 Å². The molecule has 0 saturated carbocycles. The zero-order valence-electron chi connectivity index (χ0n) is 28.4. The van der Waals surface area contributed by atoms with Gasteiger partial charge in [0, 0.05) is 0 Å². The van der Waals surface area contributed by atoms with E-state index in [0.29, 0.717) is 16.7 Å². The molecular weight excluding hydrogens is 765 g/mol. The van der Waals surface area contributed by atoms with Crippen molar-refractivity contribution in [1.29, 1.82) is 0 Å². The fraction of sp³-hybridized carbons (Fsp3) is 0.455. The standard InChI is InChI=1S/C33H42O13S5/c1-5-48(34,35)42-24-28-29(44-49(36,37)6-2)30(45-50(38,39)7-3)31(46-51(40,41)8-4)32(43-28)47-33(25-18-12-9-13-19-25,26-20-14-10-15-21-26)27-22-16-11-17-23-27/h9-23,28-32H,5-8,24H2,1-4H3/t28-,29-,30+,31-,32+/m1/s1. The highest BCUT2D eigenvalue weighted by molar-refractivity contribution is 8.01. The van der Waals surface area contributed by atoms with E-state index in [1.165, 1.54) is 27.7 Å². The van der Waals surface area contributed by atoms with E-state index in [9.17, 15) is 33.7 Å². The quantitative estimate of drug-likeness (QED) is 0.133. The van der Waals surface area contributed by atoms with Crippen LogP contribution >= 0.6 is 11.8 Å². The van der Waals surface area contributed by atoms with Crippen LogP contribution in [0.25, 0.3) is 0 Å². The average Bonchev–Trinajstić information content (AvgIpc) is 3.13. The third-order valence-corrected chi connectivity index (χ3v) is 14.6. The molecular formula is C33H42O13S5. The lowest BCUT2D eigenvalue weighted by molar-refractivity contribution is -0.178. The number of ether oxygens (including phenoxy) is 1. The second-order valence-corrected chi connectivity index (χ2v) is 20.2. The summed E-state index contributed by atoms with van der Waals surface area (Å²) < 4.78 is 131. The molecule has 282 valence electrons. The summed E-state index contributed by atoms with van der Waals surface area (Å²) in [6, 6.07) is 27.5. The molecule has 0 N–H and O–H groups in total. The van der Waals surface area contributed by atoms with Gasteiger partial charge >= 0.3 is 0 Å². The first kappa shape index (κ1) is 41.4. The second-order valence-electron chi connectivity index (χ2n) is 11.3. The predicted octanol–water partition coefficient (Wildman–Crippen LogP) is 4.01. The molecule has 3 aromatic carbocycles. The minimum absolute atomic E-state index is 0.444. The van der Waals surface area contributed by atoms with Gasteiger partial charge in [0.1, 0.15) is 29.9 Å². The fourth-order valence-electron chi connectivity index (χ4n) is 5.30. The SMILES string of the molecule is CCS(=O)(=O)OC[C@H]1O[C@@H](SC(c2ccccc2)(c2ccccc2)c2ccccc2)[C@H](OS(=O)(=O)CC)[C@@H](OS(=O)(=O)CC)[C@@H]1OS(=O)(=O)CC. The summed E-state index contributed by atoms with van der Waals surface area (Å²) in [5.74, 6) is -2.15. The smallest absolute Gasteiger partial charge is 0.267 e. The van der Waals surface area contributed by atoms with Crippen LogP contribution in [0, 0.1) is 0 Å². The number of benzene rings is 3. The van der Waals surface area contributed by atoms with Gasteiger partial charge in [0.05, 0.1) is 34.4 Å². The zero-order chi connectivity index (χ0) is 37.5. The van der Waals surface area contributed by atoms with Crippen molar-refractivity contribution in [1.82, 2.24) is 0 Å². The number of thioether (sulfide) groups is 1. The van der Waals surface area contributed by atoms with Gasteiger partial charge in [0.25, 0.3) is 40.5 Å². The molecule has 0 bridgehead atoms. The molecule has 0 unspecified atom stereocenters. The van der Waals surface area contributed by atoms with Crippen LogP contribution in [0.15, 0.2) is 91.0 Å². The summed E-state index contributed by atoms with van der Waals surface area (Å²) in [5.41, 5.74) is 0.631. The summed E-state index contributed by atoms with van der Waals surface area (Å²) in [6.07, 6.45) is -7.40. The highest BCUT2D eigenvalue weighted by Gasteiger charge is 2.56. The Morgan fingerprint density at radius 1 is 0.529 bits per heavy atom. The van der Waals surface area contributed by atoms with Gasteiger partial charge in [-0.05, 0) is 44.4 Å². The van der Waals surface area contributed by atoms with Crippen molar-refractivity contribution in [2.24, 2.45) is 0 Å². The average molecular weight is 807 g/mol. The van der Waals surface area contributed by atoms with Gasteiger partial charge in [-0.2, -0.15) is 33.7 Å². The molecule has 13 nitrogen and oxygen atoms in total. The maximum absolute atomic E-state index is 13.2. The molecule has 3 aromatic rings. The van der Waals surface area contributed by atoms with Crippen LogP contribution in [0.3, 0.4) is 0 Å². The van der Waals surface area contributed by atoms with Crippen molar-refractivity contribution < 1.29 is 55.1 Å². The van der Waals surface area contributed by atoms with Gasteiger partial charge in [-0.1, -0.05) is 91.0 Å². The Morgan fingerprint density at radius 3 is 1.25 bits per heavy atom. The Kier molecular flexibility index (Phi) is 13.9. The van der Waals surface area contributed by atoms with Gasteiger partial charge < -0.3 is 4.74 Å². The lowest BCUT2D eigenvalue weighted by atomic mass is 9.84. The van der Waals surface area contributed by atoms with E-state index in [-0.39, 0.29) is 0 Å². The first-order chi connectivity index (χ1) is 24.0. The van der Waals surface area contributed by atoms with E-state index in [1.54, 1.807) is 0 Å². The van der Waals surface area contributed by atoms with Crippen molar-refractivity contribution in [2.45, 2.75) is 62.3 Å². The topological polar surface area (TPSA) is 183 Å². The molecule has 51 heavy (non-hydrogen) atoms. The van der Waals surface area contributed by atoms with Crippen LogP contribution in [0.4, 0.5) is 0 Å². The van der Waals surface area contributed by atoms with Crippen LogP contribution < -0.4 is 0 Å². The van der Waals surface area contributed by atoms with Gasteiger partial charge in [0.15, 0.2) is 0 Å². The number of hydrogen-bond acceptors (Lipinski definition) is 14. The summed E-state index contributed by atoms with van der Waals surface area (Å²) in [4.78, 5) is 0. The molecule has 1 heterocycles. The summed E-state index contributed by atoms with van der Waals surface area (Å²) in [6.45, 7) is 4.36. The van der Waals surface area contributed by atoms with Crippen LogP contribution in [-0.2, 0) is 66.7 Å². The Labute approximate surface area is 305 Å². The van der Waals surface area contributed by atoms with Crippen molar-refractivity contribution in [2.75, 3.05) is 29.6 Å². The fourth-order valence-corrected chi connectivity index (χ4v) is 9.67. The first-order valence-electron chi connectivity index (χ1n) is 16.1. The number of hydrogen-bond donors (Lipinski definition) is 0. The Morgan fingerprint density at radius 2 is 0.882 bits per heavy atom. The Balaban J connectivity index is 2.04. The van der Waals surface area contributed by atoms with E-state index < -0.39 is 105 Å². The van der Waals surface area contributed by atoms with E-state index in [2.05, 4.69) is 0 Å². The summed E-state index contributed by atoms with van der Waals surface area (Å²) in [5, 5.41) is 0. The predicted molar refractivity (Wildman–Crippen MR) is 194 cm³/mol. The molecule has 0 spiro atoms. The molecule has 0 aromatic heterocycles. The van der Waals surface area contributed by atoms with Gasteiger partial charge in [-0.3, -0.25) is 16.7 Å². The third kappa shape index (κ3) is 10.4. The monoisotopic (exact) mass is 806 g/mol. The van der Waals surface area contributed by atoms with Gasteiger partial charge in [-0.25, -0.2) is 0 Å². The maximum Gasteiger partial charge on any atom is 0.267 e. The van der Waals surface area contributed by atoms with Gasteiger partial charge in [0.2, 0.25) is 0 Å². The molecule has 0 aliphatic carbocycles. The van der Waals surface area contributed by atoms with Crippen LogP contribution in [0.5, 0.6) is 0 Å². The zero-order valence-corrected chi connectivity index (χ0v) is 32.5. The molecule has 1 fully saturated rings. The van der Waals surface area contributed by atoms with Crippen LogP contribution in [-0.4, -0.2) is 93.1 Å². The van der Waals surface area contributed by atoms with Crippen molar-refractivity contribution in [3.63, 3.8) is 0 Å². The minimum atomic E-state index is -4.48. The number of rotatable bonds is 18. The molecule has 0 radical (unpaired) electrons. The molecule has 1 saturated heterocycles. The van der Waals surface area contributed by atoms with Gasteiger partial charge in [-0.15, -0.1) is 11.8 Å². The van der Waals surface area contributed by atoms with Crippen molar-refractivity contribution >= 4 is 52.2 Å². The van der Waals surface area contributed by atoms with E-state index in [4.69, 9.17) is 21.5 Å². The minimum Gasteiger partial charge on any atom is -0.356 e. The van der Waals surface area contributed by atoms with E-state index in [0.717, 1.165) is 11.8 Å². The Hall–Kier alpha value is -2.39. The lowest BCUT2D eigenvalue weighted by Gasteiger charge is -2.47. The van der Waals surface area contributed by atoms with E-state index in [1.807, 2.05) is 91.0 Å². The molecule has 4 rings (SSSR count). The first-order valence-corrected chi connectivity index (χ1v) is 23.3. The Bertz CT molecular complexity index is 1910. The molecule has 0 amide bonds. The lowest BCUT2D eigenvalue weighted by Crippen LogP contribution is -2.62. The molecule has 1 aliphatic heterocycles. The largest absolute Gasteiger partial charge is 0.356 e. The second kappa shape index (κ2) is 17.2. The van der Waals surface area contributed by atoms with Crippen molar-refractivity contribution in [3.8, 4) is 0 Å².